The highest BCUT2D eigenvalue weighted by Crippen LogP contribution is 2.37. The van der Waals surface area contributed by atoms with Crippen molar-refractivity contribution in [3.05, 3.63) is 27.7 Å². The normalized spacial score (nSPS) is 10.8. The van der Waals surface area contributed by atoms with Gasteiger partial charge in [-0.1, -0.05) is 43.7 Å². The Morgan fingerprint density at radius 2 is 2.12 bits per heavy atom. The predicted molar refractivity (Wildman–Crippen MR) is 105 cm³/mol. The molecular weight excluding hydrogens is 374 g/mol. The molecule has 1 heterocycles. The van der Waals surface area contributed by atoms with Crippen LogP contribution in [0.2, 0.25) is 5.02 Å². The van der Waals surface area contributed by atoms with Crippen molar-refractivity contribution < 1.29 is 14.3 Å². The molecule has 2 aromatic rings. The maximum absolute atomic E-state index is 12.5. The van der Waals surface area contributed by atoms with E-state index >= 15 is 0 Å². The van der Waals surface area contributed by atoms with Gasteiger partial charge in [-0.2, -0.15) is 0 Å². The standard InChI is InChI=1S/C18H24ClN3O3S/c1-5-6-15-21-22-18(26-15)20-17(23)12-9-13(19)16(14(10-12)24-4)25-8-7-11(2)3/h9-11H,5-8H2,1-4H3,(H,20,22,23). The average molecular weight is 398 g/mol. The van der Waals surface area contributed by atoms with Gasteiger partial charge >= 0.3 is 0 Å². The monoisotopic (exact) mass is 397 g/mol. The van der Waals surface area contributed by atoms with Crippen LogP contribution in [0.3, 0.4) is 0 Å². The fraction of sp³-hybridized carbons (Fsp3) is 0.500. The van der Waals surface area contributed by atoms with Crippen molar-refractivity contribution in [2.75, 3.05) is 19.0 Å². The summed E-state index contributed by atoms with van der Waals surface area (Å²) in [7, 11) is 1.52. The molecule has 2 rings (SSSR count). The third-order valence-corrected chi connectivity index (χ3v) is 4.76. The average Bonchev–Trinajstić information content (AvgIpc) is 3.03. The van der Waals surface area contributed by atoms with Crippen molar-refractivity contribution in [3.8, 4) is 11.5 Å². The molecule has 1 aromatic carbocycles. The van der Waals surface area contributed by atoms with Crippen LogP contribution in [0.1, 0.15) is 49.0 Å². The quantitative estimate of drug-likeness (QED) is 0.656. The van der Waals surface area contributed by atoms with Crippen LogP contribution in [0.15, 0.2) is 12.1 Å². The Morgan fingerprint density at radius 3 is 2.77 bits per heavy atom. The first-order valence-electron chi connectivity index (χ1n) is 8.58. The van der Waals surface area contributed by atoms with Crippen LogP contribution in [-0.4, -0.2) is 29.8 Å². The number of carbonyl (C=O) groups excluding carboxylic acids is 1. The summed E-state index contributed by atoms with van der Waals surface area (Å²) >= 11 is 7.68. The number of carbonyl (C=O) groups is 1. The third-order valence-electron chi connectivity index (χ3n) is 3.58. The van der Waals surface area contributed by atoms with E-state index in [9.17, 15) is 4.79 Å². The first-order valence-corrected chi connectivity index (χ1v) is 9.78. The lowest BCUT2D eigenvalue weighted by atomic mass is 10.1. The van der Waals surface area contributed by atoms with E-state index in [1.807, 2.05) is 0 Å². The lowest BCUT2D eigenvalue weighted by Gasteiger charge is -2.14. The molecular formula is C18H24ClN3O3S. The third kappa shape index (κ3) is 5.57. The molecule has 1 amide bonds. The van der Waals surface area contributed by atoms with Gasteiger partial charge < -0.3 is 9.47 Å². The van der Waals surface area contributed by atoms with Crippen molar-refractivity contribution >= 4 is 34.0 Å². The molecule has 0 saturated heterocycles. The zero-order valence-corrected chi connectivity index (χ0v) is 17.0. The molecule has 0 radical (unpaired) electrons. The zero-order chi connectivity index (χ0) is 19.1. The molecule has 0 fully saturated rings. The molecule has 26 heavy (non-hydrogen) atoms. The number of hydrogen-bond acceptors (Lipinski definition) is 6. The largest absolute Gasteiger partial charge is 0.493 e. The predicted octanol–water partition coefficient (Wildman–Crippen LogP) is 4.83. The highest BCUT2D eigenvalue weighted by atomic mass is 35.5. The number of aryl methyl sites for hydroxylation is 1. The molecule has 0 spiro atoms. The van der Waals surface area contributed by atoms with Gasteiger partial charge in [0.15, 0.2) is 11.5 Å². The minimum Gasteiger partial charge on any atom is -0.493 e. The van der Waals surface area contributed by atoms with Crippen molar-refractivity contribution in [2.24, 2.45) is 5.92 Å². The maximum Gasteiger partial charge on any atom is 0.257 e. The highest BCUT2D eigenvalue weighted by molar-refractivity contribution is 7.15. The van der Waals surface area contributed by atoms with E-state index in [0.29, 0.717) is 39.7 Å². The number of anilines is 1. The Labute approximate surface area is 162 Å². The molecule has 0 bridgehead atoms. The molecule has 142 valence electrons. The molecule has 0 aliphatic rings. The second-order valence-electron chi connectivity index (χ2n) is 6.23. The minimum atomic E-state index is -0.321. The molecule has 8 heteroatoms. The number of amides is 1. The summed E-state index contributed by atoms with van der Waals surface area (Å²) in [6, 6.07) is 3.18. The number of rotatable bonds is 9. The summed E-state index contributed by atoms with van der Waals surface area (Å²) in [6.45, 7) is 6.84. The fourth-order valence-corrected chi connectivity index (χ4v) is 3.28. The van der Waals surface area contributed by atoms with Gasteiger partial charge in [0.25, 0.3) is 5.91 Å². The Morgan fingerprint density at radius 1 is 1.35 bits per heavy atom. The van der Waals surface area contributed by atoms with Crippen molar-refractivity contribution in [1.82, 2.24) is 10.2 Å². The molecule has 0 atom stereocenters. The number of aromatic nitrogens is 2. The van der Waals surface area contributed by atoms with E-state index in [2.05, 4.69) is 36.3 Å². The summed E-state index contributed by atoms with van der Waals surface area (Å²) < 4.78 is 11.1. The number of halogens is 1. The molecule has 6 nitrogen and oxygen atoms in total. The van der Waals surface area contributed by atoms with E-state index in [-0.39, 0.29) is 5.91 Å². The summed E-state index contributed by atoms with van der Waals surface area (Å²) in [6.07, 6.45) is 2.72. The minimum absolute atomic E-state index is 0.321. The van der Waals surface area contributed by atoms with E-state index in [0.717, 1.165) is 24.3 Å². The van der Waals surface area contributed by atoms with Crippen LogP contribution in [0, 0.1) is 5.92 Å². The Bertz CT molecular complexity index is 749. The summed E-state index contributed by atoms with van der Waals surface area (Å²) in [4.78, 5) is 12.5. The SMILES string of the molecule is CCCc1nnc(NC(=O)c2cc(Cl)c(OCCC(C)C)c(OC)c2)s1. The lowest BCUT2D eigenvalue weighted by molar-refractivity contribution is 0.102. The van der Waals surface area contributed by atoms with Crippen LogP contribution in [0.25, 0.3) is 0 Å². The Hall–Kier alpha value is -1.86. The number of ether oxygens (including phenoxy) is 2. The second kappa shape index (κ2) is 9.73. The summed E-state index contributed by atoms with van der Waals surface area (Å²) in [5.74, 6) is 1.08. The molecule has 1 aromatic heterocycles. The van der Waals surface area contributed by atoms with Gasteiger partial charge in [0, 0.05) is 12.0 Å². The van der Waals surface area contributed by atoms with Gasteiger partial charge in [0.2, 0.25) is 5.13 Å². The smallest absolute Gasteiger partial charge is 0.257 e. The molecule has 0 aliphatic carbocycles. The highest BCUT2D eigenvalue weighted by Gasteiger charge is 2.17. The van der Waals surface area contributed by atoms with E-state index < -0.39 is 0 Å². The summed E-state index contributed by atoms with van der Waals surface area (Å²) in [5.41, 5.74) is 0.371. The topological polar surface area (TPSA) is 73.3 Å². The fourth-order valence-electron chi connectivity index (χ4n) is 2.18. The van der Waals surface area contributed by atoms with Gasteiger partial charge in [0.05, 0.1) is 18.7 Å². The van der Waals surface area contributed by atoms with E-state index in [1.165, 1.54) is 18.4 Å². The van der Waals surface area contributed by atoms with Gasteiger partial charge in [-0.25, -0.2) is 0 Å². The van der Waals surface area contributed by atoms with Gasteiger partial charge in [-0.15, -0.1) is 10.2 Å². The van der Waals surface area contributed by atoms with Crippen LogP contribution in [0.4, 0.5) is 5.13 Å². The lowest BCUT2D eigenvalue weighted by Crippen LogP contribution is -2.12. The maximum atomic E-state index is 12.5. The first kappa shape index (κ1) is 20.5. The molecule has 0 saturated carbocycles. The second-order valence-corrected chi connectivity index (χ2v) is 7.69. The number of methoxy groups -OCH3 is 1. The number of nitrogens with one attached hydrogen (secondary N) is 1. The Kier molecular flexibility index (Phi) is 7.66. The number of benzene rings is 1. The van der Waals surface area contributed by atoms with Crippen molar-refractivity contribution in [1.29, 1.82) is 0 Å². The molecule has 0 unspecified atom stereocenters. The Balaban J connectivity index is 2.12. The molecule has 1 N–H and O–H groups in total. The van der Waals surface area contributed by atoms with E-state index in [1.54, 1.807) is 12.1 Å². The van der Waals surface area contributed by atoms with Crippen molar-refractivity contribution in [2.45, 2.75) is 40.0 Å². The number of nitrogens with zero attached hydrogens (tertiary/aromatic N) is 2. The zero-order valence-electron chi connectivity index (χ0n) is 15.5. The van der Waals surface area contributed by atoms with Crippen LogP contribution >= 0.6 is 22.9 Å². The van der Waals surface area contributed by atoms with Crippen LogP contribution in [0.5, 0.6) is 11.5 Å². The van der Waals surface area contributed by atoms with Crippen LogP contribution in [-0.2, 0) is 6.42 Å². The first-order chi connectivity index (χ1) is 12.4. The van der Waals surface area contributed by atoms with Gasteiger partial charge in [-0.3, -0.25) is 10.1 Å². The van der Waals surface area contributed by atoms with Crippen molar-refractivity contribution in [3.63, 3.8) is 0 Å². The van der Waals surface area contributed by atoms with Crippen LogP contribution < -0.4 is 14.8 Å². The summed E-state index contributed by atoms with van der Waals surface area (Å²) in [5, 5.41) is 12.5. The van der Waals surface area contributed by atoms with E-state index in [4.69, 9.17) is 21.1 Å². The number of hydrogen-bond donors (Lipinski definition) is 1. The van der Waals surface area contributed by atoms with Gasteiger partial charge in [-0.05, 0) is 30.9 Å². The van der Waals surface area contributed by atoms with Gasteiger partial charge in [0.1, 0.15) is 5.01 Å². The molecule has 0 aliphatic heterocycles.